The van der Waals surface area contributed by atoms with Crippen molar-refractivity contribution in [3.8, 4) is 17.2 Å². The number of methoxy groups -OCH3 is 2. The van der Waals surface area contributed by atoms with Crippen molar-refractivity contribution >= 4 is 5.91 Å². The van der Waals surface area contributed by atoms with Crippen LogP contribution in [0.4, 0.5) is 0 Å². The molecule has 0 bridgehead atoms. The fraction of sp³-hybridized carbons (Fsp3) is 0.360. The lowest BCUT2D eigenvalue weighted by molar-refractivity contribution is -0.134. The number of para-hydroxylation sites is 2. The van der Waals surface area contributed by atoms with Crippen molar-refractivity contribution in [2.75, 3.05) is 33.9 Å². The molecule has 1 saturated heterocycles. The Balaban J connectivity index is 1.35. The zero-order valence-electron chi connectivity index (χ0n) is 18.5. The number of ether oxygens (including phenoxy) is 3. The standard InChI is InChI=1S/C25H28N2O5/c1-29-20-9-5-7-18(13-20)14-21-15-26-25(32-21)19-8-6-12-27(16-19)24(28)17-31-23-11-4-3-10-22(23)30-2/h3-5,7,9-11,13,15,19H,6,8,12,14,16-17H2,1-2H3/t19-/m1/s1. The second-order valence-corrected chi connectivity index (χ2v) is 7.81. The van der Waals surface area contributed by atoms with Crippen LogP contribution in [0.1, 0.15) is 36.0 Å². The monoisotopic (exact) mass is 436 g/mol. The summed E-state index contributed by atoms with van der Waals surface area (Å²) in [6.07, 6.45) is 4.27. The molecule has 0 radical (unpaired) electrons. The first kappa shape index (κ1) is 21.7. The highest BCUT2D eigenvalue weighted by Crippen LogP contribution is 2.29. The van der Waals surface area contributed by atoms with Gasteiger partial charge in [0.1, 0.15) is 11.5 Å². The largest absolute Gasteiger partial charge is 0.497 e. The Hall–Kier alpha value is -3.48. The number of amides is 1. The molecule has 0 N–H and O–H groups in total. The normalized spacial score (nSPS) is 15.9. The summed E-state index contributed by atoms with van der Waals surface area (Å²) in [5, 5.41) is 0. The summed E-state index contributed by atoms with van der Waals surface area (Å²) >= 11 is 0. The molecule has 3 aromatic rings. The predicted molar refractivity (Wildman–Crippen MR) is 119 cm³/mol. The van der Waals surface area contributed by atoms with Crippen molar-refractivity contribution in [3.05, 3.63) is 71.9 Å². The van der Waals surface area contributed by atoms with Crippen LogP contribution >= 0.6 is 0 Å². The maximum Gasteiger partial charge on any atom is 0.260 e. The predicted octanol–water partition coefficient (Wildman–Crippen LogP) is 4.07. The highest BCUT2D eigenvalue weighted by molar-refractivity contribution is 5.78. The maximum absolute atomic E-state index is 12.8. The zero-order valence-corrected chi connectivity index (χ0v) is 18.5. The molecule has 0 spiro atoms. The van der Waals surface area contributed by atoms with Gasteiger partial charge < -0.3 is 23.5 Å². The summed E-state index contributed by atoms with van der Waals surface area (Å²) < 4.78 is 22.3. The molecule has 2 aromatic carbocycles. The Kier molecular flexibility index (Phi) is 6.94. The topological polar surface area (TPSA) is 74.0 Å². The van der Waals surface area contributed by atoms with Crippen LogP contribution in [0.25, 0.3) is 0 Å². The average molecular weight is 437 g/mol. The molecule has 1 aliphatic heterocycles. The quantitative estimate of drug-likeness (QED) is 0.530. The van der Waals surface area contributed by atoms with Gasteiger partial charge in [0, 0.05) is 19.5 Å². The molecule has 1 fully saturated rings. The molecule has 0 saturated carbocycles. The number of hydrogen-bond acceptors (Lipinski definition) is 6. The number of aromatic nitrogens is 1. The lowest BCUT2D eigenvalue weighted by Crippen LogP contribution is -2.41. The maximum atomic E-state index is 12.8. The summed E-state index contributed by atoms with van der Waals surface area (Å²) in [7, 11) is 3.24. The first-order valence-corrected chi connectivity index (χ1v) is 10.8. The van der Waals surface area contributed by atoms with Crippen molar-refractivity contribution in [3.63, 3.8) is 0 Å². The van der Waals surface area contributed by atoms with E-state index in [0.29, 0.717) is 36.9 Å². The number of piperidine rings is 1. The van der Waals surface area contributed by atoms with Crippen molar-refractivity contribution in [2.45, 2.75) is 25.2 Å². The van der Waals surface area contributed by atoms with E-state index in [4.69, 9.17) is 18.6 Å². The molecule has 1 aliphatic rings. The van der Waals surface area contributed by atoms with Crippen LogP contribution in [0, 0.1) is 0 Å². The SMILES string of the molecule is COc1cccc(Cc2cnc([C@@H]3CCCN(C(=O)COc4ccccc4OC)C3)o2)c1. The lowest BCUT2D eigenvalue weighted by Gasteiger charge is -2.31. The summed E-state index contributed by atoms with van der Waals surface area (Å²) in [5.74, 6) is 3.51. The molecule has 1 atom stereocenters. The van der Waals surface area contributed by atoms with E-state index < -0.39 is 0 Å². The molecule has 1 amide bonds. The van der Waals surface area contributed by atoms with Crippen molar-refractivity contribution in [2.24, 2.45) is 0 Å². The highest BCUT2D eigenvalue weighted by atomic mass is 16.5. The van der Waals surface area contributed by atoms with E-state index in [-0.39, 0.29) is 18.4 Å². The number of benzene rings is 2. The summed E-state index contributed by atoms with van der Waals surface area (Å²) in [6, 6.07) is 15.2. The van der Waals surface area contributed by atoms with Gasteiger partial charge in [-0.25, -0.2) is 4.98 Å². The first-order chi connectivity index (χ1) is 15.7. The van der Waals surface area contributed by atoms with E-state index in [2.05, 4.69) is 4.98 Å². The fourth-order valence-electron chi connectivity index (χ4n) is 3.95. The number of likely N-dealkylation sites (tertiary alicyclic amines) is 1. The van der Waals surface area contributed by atoms with Gasteiger partial charge in [0.15, 0.2) is 24.0 Å². The highest BCUT2D eigenvalue weighted by Gasteiger charge is 2.28. The van der Waals surface area contributed by atoms with Crippen molar-refractivity contribution < 1.29 is 23.4 Å². The summed E-state index contributed by atoms with van der Waals surface area (Å²) in [4.78, 5) is 19.1. The summed E-state index contributed by atoms with van der Waals surface area (Å²) in [5.41, 5.74) is 1.10. The van der Waals surface area contributed by atoms with Crippen molar-refractivity contribution in [1.29, 1.82) is 0 Å². The molecular weight excluding hydrogens is 408 g/mol. The van der Waals surface area contributed by atoms with Crippen LogP contribution in [0.3, 0.4) is 0 Å². The van der Waals surface area contributed by atoms with Crippen molar-refractivity contribution in [1.82, 2.24) is 9.88 Å². The van der Waals surface area contributed by atoms with Gasteiger partial charge in [-0.15, -0.1) is 0 Å². The first-order valence-electron chi connectivity index (χ1n) is 10.8. The third kappa shape index (κ3) is 5.22. The second kappa shape index (κ2) is 10.2. The van der Waals surface area contributed by atoms with Gasteiger partial charge in [-0.2, -0.15) is 0 Å². The Morgan fingerprint density at radius 2 is 1.97 bits per heavy atom. The van der Waals surface area contributed by atoms with E-state index >= 15 is 0 Å². The van der Waals surface area contributed by atoms with Gasteiger partial charge in [0.05, 0.1) is 26.3 Å². The van der Waals surface area contributed by atoms with Crippen LogP contribution in [0.2, 0.25) is 0 Å². The minimum Gasteiger partial charge on any atom is -0.497 e. The fourth-order valence-corrected chi connectivity index (χ4v) is 3.95. The Morgan fingerprint density at radius 3 is 2.78 bits per heavy atom. The Labute approximate surface area is 187 Å². The Bertz CT molecular complexity index is 1050. The van der Waals surface area contributed by atoms with E-state index in [1.807, 2.05) is 47.4 Å². The lowest BCUT2D eigenvalue weighted by atomic mass is 9.98. The number of carbonyl (C=O) groups is 1. The average Bonchev–Trinajstić information content (AvgIpc) is 3.31. The Morgan fingerprint density at radius 1 is 1.12 bits per heavy atom. The minimum atomic E-state index is -0.0521. The van der Waals surface area contributed by atoms with E-state index in [9.17, 15) is 4.79 Å². The molecule has 7 heteroatoms. The van der Waals surface area contributed by atoms with Gasteiger partial charge in [0.2, 0.25) is 0 Å². The number of hydrogen-bond donors (Lipinski definition) is 0. The smallest absolute Gasteiger partial charge is 0.260 e. The molecule has 168 valence electrons. The van der Waals surface area contributed by atoms with E-state index in [1.54, 1.807) is 26.5 Å². The molecule has 0 aliphatic carbocycles. The van der Waals surface area contributed by atoms with Crippen LogP contribution in [-0.2, 0) is 11.2 Å². The third-order valence-corrected chi connectivity index (χ3v) is 5.63. The number of oxazole rings is 1. The van der Waals surface area contributed by atoms with Gasteiger partial charge in [-0.05, 0) is 42.7 Å². The van der Waals surface area contributed by atoms with E-state index in [0.717, 1.165) is 29.9 Å². The van der Waals surface area contributed by atoms with Gasteiger partial charge in [0.25, 0.3) is 5.91 Å². The molecule has 4 rings (SSSR count). The second-order valence-electron chi connectivity index (χ2n) is 7.81. The molecular formula is C25H28N2O5. The molecule has 2 heterocycles. The molecule has 32 heavy (non-hydrogen) atoms. The minimum absolute atomic E-state index is 0.0280. The van der Waals surface area contributed by atoms with Crippen LogP contribution in [0.15, 0.2) is 59.1 Å². The molecule has 1 aromatic heterocycles. The number of nitrogens with zero attached hydrogens (tertiary/aromatic N) is 2. The number of carbonyl (C=O) groups excluding carboxylic acids is 1. The molecule has 0 unspecified atom stereocenters. The zero-order chi connectivity index (χ0) is 22.3. The van der Waals surface area contributed by atoms with Gasteiger partial charge in [-0.1, -0.05) is 24.3 Å². The third-order valence-electron chi connectivity index (χ3n) is 5.63. The van der Waals surface area contributed by atoms with Crippen LogP contribution in [-0.4, -0.2) is 49.7 Å². The number of rotatable bonds is 8. The van der Waals surface area contributed by atoms with Gasteiger partial charge in [-0.3, -0.25) is 4.79 Å². The molecule has 7 nitrogen and oxygen atoms in total. The van der Waals surface area contributed by atoms with Gasteiger partial charge >= 0.3 is 0 Å². The summed E-state index contributed by atoms with van der Waals surface area (Å²) in [6.45, 7) is 1.26. The van der Waals surface area contributed by atoms with E-state index in [1.165, 1.54) is 0 Å². The van der Waals surface area contributed by atoms with Crippen LogP contribution < -0.4 is 14.2 Å². The van der Waals surface area contributed by atoms with Crippen LogP contribution in [0.5, 0.6) is 17.2 Å².